The number of alkyl halides is 3. The van der Waals surface area contributed by atoms with Gasteiger partial charge in [-0.2, -0.15) is 13.2 Å². The summed E-state index contributed by atoms with van der Waals surface area (Å²) in [7, 11) is 0. The summed E-state index contributed by atoms with van der Waals surface area (Å²) in [4.78, 5) is 7.48. The molecule has 0 radical (unpaired) electrons. The van der Waals surface area contributed by atoms with E-state index < -0.39 is 16.7 Å². The fraction of sp³-hybridized carbons (Fsp3) is 0.769. The molecule has 0 bridgehead atoms. The van der Waals surface area contributed by atoms with Gasteiger partial charge in [-0.05, 0) is 13.8 Å². The molecule has 1 aliphatic rings. The normalized spacial score (nSPS) is 19.1. The van der Waals surface area contributed by atoms with Gasteiger partial charge in [-0.25, -0.2) is 4.98 Å². The van der Waals surface area contributed by atoms with Gasteiger partial charge in [0.25, 0.3) is 0 Å². The number of aliphatic hydroxyl groups is 1. The van der Waals surface area contributed by atoms with Gasteiger partial charge in [-0.15, -0.1) is 11.3 Å². The molecule has 1 aromatic heterocycles. The second-order valence-corrected chi connectivity index (χ2v) is 7.10. The van der Waals surface area contributed by atoms with E-state index in [0.29, 0.717) is 29.4 Å². The number of aromatic nitrogens is 1. The van der Waals surface area contributed by atoms with Crippen LogP contribution >= 0.6 is 11.3 Å². The monoisotopic (exact) mass is 323 g/mol. The molecule has 0 saturated carbocycles. The van der Waals surface area contributed by atoms with Crippen LogP contribution in [0.2, 0.25) is 0 Å². The first kappa shape index (κ1) is 16.7. The molecule has 0 aliphatic carbocycles. The van der Waals surface area contributed by atoms with Crippen molar-refractivity contribution in [1.82, 2.24) is 14.8 Å². The third-order valence-electron chi connectivity index (χ3n) is 3.27. The van der Waals surface area contributed by atoms with Crippen LogP contribution in [0, 0.1) is 0 Å². The SMILES string of the molecule is CC(C)(O)CN1CCN(Cc2ncc(C(F)(F)F)s2)CC1. The molecule has 0 atom stereocenters. The van der Waals surface area contributed by atoms with Crippen LogP contribution in [0.25, 0.3) is 0 Å². The fourth-order valence-corrected chi connectivity index (χ4v) is 3.19. The van der Waals surface area contributed by atoms with Crippen LogP contribution in [0.15, 0.2) is 6.20 Å². The molecule has 0 aromatic carbocycles. The lowest BCUT2D eigenvalue weighted by Crippen LogP contribution is -2.50. The fourth-order valence-electron chi connectivity index (χ4n) is 2.36. The number of halogens is 3. The van der Waals surface area contributed by atoms with E-state index in [1.807, 2.05) is 0 Å². The van der Waals surface area contributed by atoms with E-state index in [0.717, 1.165) is 32.4 Å². The molecule has 2 rings (SSSR count). The van der Waals surface area contributed by atoms with Crippen LogP contribution in [-0.4, -0.2) is 58.2 Å². The molecule has 1 aliphatic heterocycles. The van der Waals surface area contributed by atoms with Gasteiger partial charge >= 0.3 is 6.18 Å². The quantitative estimate of drug-likeness (QED) is 0.921. The van der Waals surface area contributed by atoms with Crippen LogP contribution in [0.4, 0.5) is 13.2 Å². The minimum absolute atomic E-state index is 0.455. The van der Waals surface area contributed by atoms with Gasteiger partial charge in [-0.1, -0.05) is 0 Å². The molecular formula is C13H20F3N3OS. The highest BCUT2D eigenvalue weighted by Gasteiger charge is 2.33. The van der Waals surface area contributed by atoms with Crippen LogP contribution in [0.1, 0.15) is 23.7 Å². The summed E-state index contributed by atoms with van der Waals surface area (Å²) >= 11 is 0.713. The average Bonchev–Trinajstić information content (AvgIpc) is 2.78. The summed E-state index contributed by atoms with van der Waals surface area (Å²) in [5.74, 6) is 0. The maximum absolute atomic E-state index is 12.5. The van der Waals surface area contributed by atoms with Gasteiger partial charge in [0, 0.05) is 32.7 Å². The van der Waals surface area contributed by atoms with Crippen molar-refractivity contribution in [2.75, 3.05) is 32.7 Å². The first-order valence-corrected chi connectivity index (χ1v) is 7.64. The van der Waals surface area contributed by atoms with Gasteiger partial charge in [-0.3, -0.25) is 9.80 Å². The smallest absolute Gasteiger partial charge is 0.389 e. The third kappa shape index (κ3) is 5.21. The maximum Gasteiger partial charge on any atom is 0.427 e. The van der Waals surface area contributed by atoms with E-state index >= 15 is 0 Å². The molecule has 120 valence electrons. The van der Waals surface area contributed by atoms with Crippen LogP contribution in [0.3, 0.4) is 0 Å². The minimum atomic E-state index is -4.30. The Morgan fingerprint density at radius 3 is 2.24 bits per heavy atom. The minimum Gasteiger partial charge on any atom is -0.389 e. The van der Waals surface area contributed by atoms with E-state index in [9.17, 15) is 18.3 Å². The number of thiazole rings is 1. The van der Waals surface area contributed by atoms with Crippen molar-refractivity contribution in [3.63, 3.8) is 0 Å². The summed E-state index contributed by atoms with van der Waals surface area (Å²) in [6.07, 6.45) is -3.40. The Morgan fingerprint density at radius 2 is 1.76 bits per heavy atom. The molecule has 0 spiro atoms. The topological polar surface area (TPSA) is 39.6 Å². The Labute approximate surface area is 126 Å². The Hall–Kier alpha value is -0.700. The predicted octanol–water partition coefficient (Wildman–Crippen LogP) is 2.05. The molecule has 1 aromatic rings. The number of hydrogen-bond acceptors (Lipinski definition) is 5. The molecule has 1 N–H and O–H groups in total. The zero-order valence-electron chi connectivity index (χ0n) is 12.2. The number of nitrogens with zero attached hydrogens (tertiary/aromatic N) is 3. The predicted molar refractivity (Wildman–Crippen MR) is 75.1 cm³/mol. The highest BCUT2D eigenvalue weighted by molar-refractivity contribution is 7.11. The van der Waals surface area contributed by atoms with Gasteiger partial charge in [0.2, 0.25) is 0 Å². The van der Waals surface area contributed by atoms with E-state index in [2.05, 4.69) is 14.8 Å². The van der Waals surface area contributed by atoms with Gasteiger partial charge in [0.15, 0.2) is 0 Å². The van der Waals surface area contributed by atoms with Crippen LogP contribution in [-0.2, 0) is 12.7 Å². The molecule has 1 saturated heterocycles. The molecule has 21 heavy (non-hydrogen) atoms. The maximum atomic E-state index is 12.5. The second kappa shape index (κ2) is 6.20. The molecule has 0 unspecified atom stereocenters. The van der Waals surface area contributed by atoms with Crippen molar-refractivity contribution in [1.29, 1.82) is 0 Å². The summed E-state index contributed by atoms with van der Waals surface area (Å²) in [6.45, 7) is 7.77. The summed E-state index contributed by atoms with van der Waals surface area (Å²) in [6, 6.07) is 0. The van der Waals surface area contributed by atoms with Crippen LogP contribution in [0.5, 0.6) is 0 Å². The first-order valence-electron chi connectivity index (χ1n) is 6.82. The van der Waals surface area contributed by atoms with Gasteiger partial charge < -0.3 is 5.11 Å². The molecule has 8 heteroatoms. The van der Waals surface area contributed by atoms with Gasteiger partial charge in [0.05, 0.1) is 18.3 Å². The first-order chi connectivity index (χ1) is 9.63. The molecule has 1 fully saturated rings. The van der Waals surface area contributed by atoms with Crippen molar-refractivity contribution >= 4 is 11.3 Å². The largest absolute Gasteiger partial charge is 0.427 e. The molecule has 0 amide bonds. The third-order valence-corrected chi connectivity index (χ3v) is 4.29. The Balaban J connectivity index is 1.82. The number of β-amino-alcohol motifs (C(OH)–C–C–N with tert-alkyl or cyclic N) is 1. The van der Waals surface area contributed by atoms with E-state index in [1.54, 1.807) is 13.8 Å². The number of hydrogen-bond donors (Lipinski definition) is 1. The van der Waals surface area contributed by atoms with E-state index in [1.165, 1.54) is 0 Å². The second-order valence-electron chi connectivity index (χ2n) is 5.98. The summed E-state index contributed by atoms with van der Waals surface area (Å²) in [5.41, 5.74) is -0.723. The van der Waals surface area contributed by atoms with E-state index in [4.69, 9.17) is 0 Å². The standard InChI is InChI=1S/C13H20F3N3OS/c1-12(2,20)9-19-5-3-18(4-6-19)8-11-17-7-10(21-11)13(14,15)16/h7,20H,3-6,8-9H2,1-2H3. The Bertz CT molecular complexity index is 462. The van der Waals surface area contributed by atoms with Crippen LogP contribution < -0.4 is 0 Å². The number of rotatable bonds is 4. The Morgan fingerprint density at radius 1 is 1.19 bits per heavy atom. The Kier molecular flexibility index (Phi) is 4.92. The zero-order valence-corrected chi connectivity index (χ0v) is 13.0. The lowest BCUT2D eigenvalue weighted by Gasteiger charge is -2.36. The highest BCUT2D eigenvalue weighted by Crippen LogP contribution is 2.33. The lowest BCUT2D eigenvalue weighted by atomic mass is 10.1. The van der Waals surface area contributed by atoms with E-state index in [-0.39, 0.29) is 0 Å². The van der Waals surface area contributed by atoms with Crippen molar-refractivity contribution in [3.05, 3.63) is 16.1 Å². The summed E-state index contributed by atoms with van der Waals surface area (Å²) < 4.78 is 37.5. The molecular weight excluding hydrogens is 303 g/mol. The van der Waals surface area contributed by atoms with Gasteiger partial charge in [0.1, 0.15) is 9.88 Å². The molecule has 4 nitrogen and oxygen atoms in total. The van der Waals surface area contributed by atoms with Crippen molar-refractivity contribution in [2.24, 2.45) is 0 Å². The zero-order chi connectivity index (χ0) is 15.7. The highest BCUT2D eigenvalue weighted by atomic mass is 32.1. The van der Waals surface area contributed by atoms with Crippen molar-refractivity contribution < 1.29 is 18.3 Å². The lowest BCUT2D eigenvalue weighted by molar-refractivity contribution is -0.134. The van der Waals surface area contributed by atoms with Crippen molar-refractivity contribution in [3.8, 4) is 0 Å². The number of piperazine rings is 1. The average molecular weight is 323 g/mol. The summed E-state index contributed by atoms with van der Waals surface area (Å²) in [5, 5.41) is 10.3. The van der Waals surface area contributed by atoms with Crippen molar-refractivity contribution in [2.45, 2.75) is 32.2 Å². The molecule has 2 heterocycles.